The maximum atomic E-state index is 14.1. The first kappa shape index (κ1) is 16.7. The van der Waals surface area contributed by atoms with Gasteiger partial charge in [-0.2, -0.15) is 0 Å². The number of fused-ring (bicyclic) bond motifs is 1. The Morgan fingerprint density at radius 3 is 2.72 bits per heavy atom. The zero-order chi connectivity index (χ0) is 17.2. The number of likely N-dealkylation sites (tertiary alicyclic amines) is 1. The zero-order valence-electron chi connectivity index (χ0n) is 14.6. The van der Waals surface area contributed by atoms with Gasteiger partial charge < -0.3 is 10.0 Å². The highest BCUT2D eigenvalue weighted by atomic mass is 19.1. The van der Waals surface area contributed by atoms with Crippen molar-refractivity contribution in [3.8, 4) is 0 Å². The van der Waals surface area contributed by atoms with Gasteiger partial charge in [-0.3, -0.25) is 0 Å². The van der Waals surface area contributed by atoms with Crippen molar-refractivity contribution in [2.75, 3.05) is 19.6 Å². The van der Waals surface area contributed by atoms with Crippen LogP contribution in [-0.4, -0.2) is 29.6 Å². The molecule has 1 saturated heterocycles. The average molecular weight is 339 g/mol. The van der Waals surface area contributed by atoms with Crippen LogP contribution in [0.2, 0.25) is 0 Å². The summed E-state index contributed by atoms with van der Waals surface area (Å²) in [5.41, 5.74) is 2.95. The van der Waals surface area contributed by atoms with E-state index in [9.17, 15) is 9.50 Å². The van der Waals surface area contributed by atoms with Gasteiger partial charge in [0, 0.05) is 13.1 Å². The molecule has 1 aliphatic heterocycles. The lowest BCUT2D eigenvalue weighted by Gasteiger charge is -2.24. The molecule has 2 aromatic carbocycles. The fourth-order valence-corrected chi connectivity index (χ4v) is 4.59. The maximum Gasteiger partial charge on any atom is 0.126 e. The van der Waals surface area contributed by atoms with Crippen LogP contribution in [0.15, 0.2) is 48.5 Å². The third-order valence-electron chi connectivity index (χ3n) is 5.93. The van der Waals surface area contributed by atoms with E-state index >= 15 is 0 Å². The van der Waals surface area contributed by atoms with Crippen LogP contribution in [0.3, 0.4) is 0 Å². The van der Waals surface area contributed by atoms with Crippen molar-refractivity contribution in [2.45, 2.75) is 37.7 Å². The first-order valence-electron chi connectivity index (χ1n) is 9.43. The Hall–Kier alpha value is -1.71. The zero-order valence-corrected chi connectivity index (χ0v) is 14.6. The molecule has 0 amide bonds. The van der Waals surface area contributed by atoms with E-state index in [2.05, 4.69) is 35.2 Å². The van der Waals surface area contributed by atoms with E-state index in [4.69, 9.17) is 0 Å². The summed E-state index contributed by atoms with van der Waals surface area (Å²) in [6, 6.07) is 15.9. The molecule has 3 atom stereocenters. The third-order valence-corrected chi connectivity index (χ3v) is 5.93. The molecule has 2 aliphatic rings. The Labute approximate surface area is 149 Å². The van der Waals surface area contributed by atoms with Gasteiger partial charge in [0.15, 0.2) is 0 Å². The van der Waals surface area contributed by atoms with Crippen LogP contribution < -0.4 is 0 Å². The van der Waals surface area contributed by atoms with E-state index in [1.54, 1.807) is 6.07 Å². The summed E-state index contributed by atoms with van der Waals surface area (Å²) in [5.74, 6) is 0.880. The van der Waals surface area contributed by atoms with Crippen molar-refractivity contribution in [1.82, 2.24) is 4.90 Å². The van der Waals surface area contributed by atoms with Crippen molar-refractivity contribution in [3.05, 3.63) is 71.0 Å². The summed E-state index contributed by atoms with van der Waals surface area (Å²) in [7, 11) is 0. The van der Waals surface area contributed by atoms with Crippen LogP contribution >= 0.6 is 0 Å². The molecule has 3 unspecified atom stereocenters. The molecule has 0 aromatic heterocycles. The van der Waals surface area contributed by atoms with Gasteiger partial charge in [-0.15, -0.1) is 0 Å². The number of rotatable bonds is 3. The van der Waals surface area contributed by atoms with Crippen LogP contribution in [0.4, 0.5) is 4.39 Å². The second kappa shape index (κ2) is 7.27. The predicted molar refractivity (Wildman–Crippen MR) is 98.0 cm³/mol. The van der Waals surface area contributed by atoms with Gasteiger partial charge in [-0.05, 0) is 66.8 Å². The highest BCUT2D eigenvalue weighted by Crippen LogP contribution is 2.35. The van der Waals surface area contributed by atoms with Crippen LogP contribution in [0.5, 0.6) is 0 Å². The molecule has 0 radical (unpaired) electrons. The smallest absolute Gasteiger partial charge is 0.126 e. The lowest BCUT2D eigenvalue weighted by atomic mass is 9.97. The topological polar surface area (TPSA) is 23.5 Å². The summed E-state index contributed by atoms with van der Waals surface area (Å²) < 4.78 is 14.1. The summed E-state index contributed by atoms with van der Waals surface area (Å²) in [5, 5.41) is 10.6. The predicted octanol–water partition coefficient (Wildman–Crippen LogP) is 4.30. The van der Waals surface area contributed by atoms with Gasteiger partial charge >= 0.3 is 0 Å². The summed E-state index contributed by atoms with van der Waals surface area (Å²) in [6.07, 6.45) is 3.10. The molecule has 0 saturated carbocycles. The first-order valence-corrected chi connectivity index (χ1v) is 9.43. The SMILES string of the molecule is OC1CC(CN2CCC(c3ccccc3)C2)CCc2c(F)cccc21. The minimum Gasteiger partial charge on any atom is -0.388 e. The molecule has 2 nitrogen and oxygen atoms in total. The molecule has 4 rings (SSSR count). The van der Waals surface area contributed by atoms with Gasteiger partial charge in [-0.1, -0.05) is 42.5 Å². The van der Waals surface area contributed by atoms with Crippen molar-refractivity contribution < 1.29 is 9.50 Å². The van der Waals surface area contributed by atoms with Gasteiger partial charge in [0.25, 0.3) is 0 Å². The molecule has 3 heteroatoms. The Kier molecular flexibility index (Phi) is 4.87. The number of hydrogen-bond donors (Lipinski definition) is 1. The fourth-order valence-electron chi connectivity index (χ4n) is 4.59. The van der Waals surface area contributed by atoms with Crippen LogP contribution in [0, 0.1) is 11.7 Å². The molecule has 1 fully saturated rings. The molecule has 0 bridgehead atoms. The normalized spacial score (nSPS) is 27.0. The Balaban J connectivity index is 1.39. The van der Waals surface area contributed by atoms with E-state index in [1.165, 1.54) is 18.1 Å². The second-order valence-electron chi connectivity index (χ2n) is 7.62. The molecule has 1 heterocycles. The molecule has 1 aliphatic carbocycles. The molecule has 25 heavy (non-hydrogen) atoms. The number of aliphatic hydroxyl groups is 1. The molecule has 2 aromatic rings. The number of aliphatic hydroxyl groups excluding tert-OH is 1. The summed E-state index contributed by atoms with van der Waals surface area (Å²) in [4.78, 5) is 2.53. The van der Waals surface area contributed by atoms with E-state index in [0.717, 1.165) is 50.0 Å². The van der Waals surface area contributed by atoms with Gasteiger partial charge in [-0.25, -0.2) is 4.39 Å². The fraction of sp³-hybridized carbons (Fsp3) is 0.455. The van der Waals surface area contributed by atoms with Crippen molar-refractivity contribution >= 4 is 0 Å². The minimum atomic E-state index is -0.536. The van der Waals surface area contributed by atoms with Crippen LogP contribution in [0.25, 0.3) is 0 Å². The van der Waals surface area contributed by atoms with Crippen LogP contribution in [0.1, 0.15) is 48.0 Å². The Bertz CT molecular complexity index is 717. The largest absolute Gasteiger partial charge is 0.388 e. The number of halogens is 1. The minimum absolute atomic E-state index is 0.164. The van der Waals surface area contributed by atoms with Crippen molar-refractivity contribution in [3.63, 3.8) is 0 Å². The van der Waals surface area contributed by atoms with E-state index in [-0.39, 0.29) is 5.82 Å². The lowest BCUT2D eigenvalue weighted by molar-refractivity contribution is 0.131. The maximum absolute atomic E-state index is 14.1. The number of nitrogens with zero attached hydrogens (tertiary/aromatic N) is 1. The van der Waals surface area contributed by atoms with Crippen molar-refractivity contribution in [2.24, 2.45) is 5.92 Å². The molecular formula is C22H26FNO. The Morgan fingerprint density at radius 2 is 1.88 bits per heavy atom. The first-order chi connectivity index (χ1) is 12.2. The summed E-state index contributed by atoms with van der Waals surface area (Å²) >= 11 is 0. The lowest BCUT2D eigenvalue weighted by Crippen LogP contribution is -2.28. The van der Waals surface area contributed by atoms with Crippen molar-refractivity contribution in [1.29, 1.82) is 0 Å². The third kappa shape index (κ3) is 3.63. The molecule has 1 N–H and O–H groups in total. The standard InChI is InChI=1S/C22H26FNO/c23-21-8-4-7-20-19(21)10-9-16(13-22(20)25)14-24-12-11-18(15-24)17-5-2-1-3-6-17/h1-8,16,18,22,25H,9-15H2. The van der Waals surface area contributed by atoms with Gasteiger partial charge in [0.2, 0.25) is 0 Å². The number of benzene rings is 2. The quantitative estimate of drug-likeness (QED) is 0.843. The molecule has 0 spiro atoms. The number of hydrogen-bond acceptors (Lipinski definition) is 2. The van der Waals surface area contributed by atoms with Gasteiger partial charge in [0.05, 0.1) is 6.10 Å². The average Bonchev–Trinajstić information content (AvgIpc) is 3.02. The van der Waals surface area contributed by atoms with E-state index < -0.39 is 6.10 Å². The summed E-state index contributed by atoms with van der Waals surface area (Å²) in [6.45, 7) is 3.22. The molecular weight excluding hydrogens is 313 g/mol. The Morgan fingerprint density at radius 1 is 1.04 bits per heavy atom. The molecule has 132 valence electrons. The highest BCUT2D eigenvalue weighted by Gasteiger charge is 2.29. The second-order valence-corrected chi connectivity index (χ2v) is 7.62. The van der Waals surface area contributed by atoms with Gasteiger partial charge in [0.1, 0.15) is 5.82 Å². The highest BCUT2D eigenvalue weighted by molar-refractivity contribution is 5.31. The van der Waals surface area contributed by atoms with E-state index in [0.29, 0.717) is 11.8 Å². The monoisotopic (exact) mass is 339 g/mol. The van der Waals surface area contributed by atoms with E-state index in [1.807, 2.05) is 6.07 Å². The van der Waals surface area contributed by atoms with Crippen LogP contribution in [-0.2, 0) is 6.42 Å².